The molecule has 1 aromatic carbocycles. The van der Waals surface area contributed by atoms with Crippen molar-refractivity contribution >= 4 is 18.0 Å². The van der Waals surface area contributed by atoms with Crippen LogP contribution in [-0.2, 0) is 11.4 Å². The highest BCUT2D eigenvalue weighted by atomic mass is 16.6. The van der Waals surface area contributed by atoms with E-state index in [1.54, 1.807) is 0 Å². The number of hydrogen-bond acceptors (Lipinski definition) is 3. The van der Waals surface area contributed by atoms with Gasteiger partial charge in [-0.1, -0.05) is 74.8 Å². The number of unbranched alkanes of at least 4 members (excludes halogenated alkanes) is 1. The van der Waals surface area contributed by atoms with Crippen LogP contribution in [0.25, 0.3) is 12.2 Å². The van der Waals surface area contributed by atoms with Crippen molar-refractivity contribution in [2.24, 2.45) is 10.9 Å². The molecule has 1 fully saturated rings. The molecular formula is C25H36N4O. The lowest BCUT2D eigenvalue weighted by molar-refractivity contribution is 0.0230. The normalized spacial score (nSPS) is 15.8. The molecule has 1 saturated heterocycles. The standard InChI is InChI=1S/C23H30N4O.C2H6/c1-3-5-6-7-8-22-19(4-2)13-14-27(22)17-18-9-11-20(12-10-18)23(24)26-28-21-15-25-16-21;1-2/h4,6-14,21,25H,3,5,15-17H2,1-2H3,(H2,24,26);1-2H3/b7-6-,19-4-,22-8+;. The average Bonchev–Trinajstić information content (AvgIpc) is 3.13. The summed E-state index contributed by atoms with van der Waals surface area (Å²) in [6, 6.07) is 10.3. The maximum absolute atomic E-state index is 6.03. The first kappa shape index (κ1) is 23.5. The van der Waals surface area contributed by atoms with Gasteiger partial charge in [-0.3, -0.25) is 0 Å². The van der Waals surface area contributed by atoms with Crippen molar-refractivity contribution < 1.29 is 4.84 Å². The first-order valence-corrected chi connectivity index (χ1v) is 11.0. The highest BCUT2D eigenvalue weighted by molar-refractivity contribution is 5.97. The zero-order valence-electron chi connectivity index (χ0n) is 18.8. The van der Waals surface area contributed by atoms with Crippen molar-refractivity contribution in [1.82, 2.24) is 9.88 Å². The molecule has 5 heteroatoms. The van der Waals surface area contributed by atoms with Gasteiger partial charge in [0.2, 0.25) is 0 Å². The minimum Gasteiger partial charge on any atom is -0.388 e. The van der Waals surface area contributed by atoms with Crippen molar-refractivity contribution in [1.29, 1.82) is 0 Å². The maximum Gasteiger partial charge on any atom is 0.170 e. The van der Waals surface area contributed by atoms with Crippen molar-refractivity contribution in [3.63, 3.8) is 0 Å². The van der Waals surface area contributed by atoms with E-state index < -0.39 is 0 Å². The Hall–Kier alpha value is -2.79. The van der Waals surface area contributed by atoms with E-state index in [4.69, 9.17) is 10.6 Å². The van der Waals surface area contributed by atoms with Crippen molar-refractivity contribution in [2.45, 2.75) is 53.2 Å². The van der Waals surface area contributed by atoms with E-state index in [-0.39, 0.29) is 6.10 Å². The fourth-order valence-electron chi connectivity index (χ4n) is 3.00. The van der Waals surface area contributed by atoms with Crippen LogP contribution >= 0.6 is 0 Å². The second kappa shape index (κ2) is 12.7. The lowest BCUT2D eigenvalue weighted by Gasteiger charge is -2.24. The Morgan fingerprint density at radius 1 is 1.23 bits per heavy atom. The monoisotopic (exact) mass is 408 g/mol. The van der Waals surface area contributed by atoms with Crippen molar-refractivity contribution in [3.05, 3.63) is 70.4 Å². The van der Waals surface area contributed by atoms with E-state index in [0.29, 0.717) is 5.84 Å². The van der Waals surface area contributed by atoms with Gasteiger partial charge in [0.15, 0.2) is 11.9 Å². The van der Waals surface area contributed by atoms with Gasteiger partial charge in [-0.05, 0) is 36.3 Å². The van der Waals surface area contributed by atoms with Gasteiger partial charge in [-0.15, -0.1) is 0 Å². The van der Waals surface area contributed by atoms with Crippen LogP contribution in [0.5, 0.6) is 0 Å². The molecule has 0 atom stereocenters. The largest absolute Gasteiger partial charge is 0.388 e. The number of aromatic nitrogens is 1. The topological polar surface area (TPSA) is 64.6 Å². The summed E-state index contributed by atoms with van der Waals surface area (Å²) >= 11 is 0. The van der Waals surface area contributed by atoms with Crippen molar-refractivity contribution in [2.75, 3.05) is 13.1 Å². The molecule has 30 heavy (non-hydrogen) atoms. The Balaban J connectivity index is 0.00000155. The molecule has 3 rings (SSSR count). The first-order chi connectivity index (χ1) is 14.7. The molecule has 0 bridgehead atoms. The summed E-state index contributed by atoms with van der Waals surface area (Å²) in [4.78, 5) is 5.39. The molecule has 0 unspecified atom stereocenters. The van der Waals surface area contributed by atoms with Crippen LogP contribution in [0.4, 0.5) is 0 Å². The summed E-state index contributed by atoms with van der Waals surface area (Å²) in [5.74, 6) is 0.414. The molecule has 1 aliphatic heterocycles. The van der Waals surface area contributed by atoms with Gasteiger partial charge in [-0.2, -0.15) is 0 Å². The predicted molar refractivity (Wildman–Crippen MR) is 128 cm³/mol. The molecule has 0 radical (unpaired) electrons. The van der Waals surface area contributed by atoms with Crippen molar-refractivity contribution in [3.8, 4) is 0 Å². The Morgan fingerprint density at radius 2 is 1.97 bits per heavy atom. The van der Waals surface area contributed by atoms with Gasteiger partial charge in [0.25, 0.3) is 0 Å². The molecule has 162 valence electrons. The third-order valence-corrected chi connectivity index (χ3v) is 4.84. The molecule has 3 N–H and O–H groups in total. The molecule has 5 nitrogen and oxygen atoms in total. The number of amidine groups is 1. The fourth-order valence-corrected chi connectivity index (χ4v) is 3.00. The highest BCUT2D eigenvalue weighted by Crippen LogP contribution is 2.07. The van der Waals surface area contributed by atoms with Gasteiger partial charge in [0.05, 0.1) is 0 Å². The fraction of sp³-hybridized carbons (Fsp3) is 0.400. The minimum absolute atomic E-state index is 0.136. The second-order valence-electron chi connectivity index (χ2n) is 7.02. The van der Waals surface area contributed by atoms with Crippen LogP contribution in [0.15, 0.2) is 53.8 Å². The lowest BCUT2D eigenvalue weighted by Crippen LogP contribution is -2.47. The quantitative estimate of drug-likeness (QED) is 0.401. The van der Waals surface area contributed by atoms with E-state index in [1.807, 2.05) is 26.0 Å². The summed E-state index contributed by atoms with van der Waals surface area (Å²) in [6.07, 6.45) is 13.3. The molecule has 2 aromatic rings. The average molecular weight is 409 g/mol. The molecule has 0 saturated carbocycles. The summed E-state index contributed by atoms with van der Waals surface area (Å²) in [5.41, 5.74) is 8.12. The first-order valence-electron chi connectivity index (χ1n) is 11.0. The van der Waals surface area contributed by atoms with E-state index in [1.165, 1.54) is 22.6 Å². The number of nitrogens with one attached hydrogen (secondary N) is 1. The molecular weight excluding hydrogens is 372 g/mol. The Morgan fingerprint density at radius 3 is 2.57 bits per heavy atom. The molecule has 0 spiro atoms. The van der Waals surface area contributed by atoms with Gasteiger partial charge in [0.1, 0.15) is 0 Å². The third kappa shape index (κ3) is 6.63. The lowest BCUT2D eigenvalue weighted by atomic mass is 10.1. The summed E-state index contributed by atoms with van der Waals surface area (Å²) < 4.78 is 2.27. The molecule has 1 aliphatic rings. The van der Waals surface area contributed by atoms with Crippen LogP contribution in [-0.4, -0.2) is 29.6 Å². The van der Waals surface area contributed by atoms with E-state index in [0.717, 1.165) is 31.6 Å². The van der Waals surface area contributed by atoms with Gasteiger partial charge >= 0.3 is 0 Å². The Bertz CT molecular complexity index is 935. The van der Waals surface area contributed by atoms with Crippen LogP contribution in [0, 0.1) is 0 Å². The molecule has 0 amide bonds. The number of rotatable bonds is 8. The maximum atomic E-state index is 6.03. The second-order valence-corrected chi connectivity index (χ2v) is 7.02. The third-order valence-electron chi connectivity index (χ3n) is 4.84. The van der Waals surface area contributed by atoms with Gasteiger partial charge < -0.3 is 20.5 Å². The highest BCUT2D eigenvalue weighted by Gasteiger charge is 2.18. The zero-order valence-corrected chi connectivity index (χ0v) is 18.8. The zero-order chi connectivity index (χ0) is 21.8. The molecule has 1 aromatic heterocycles. The van der Waals surface area contributed by atoms with Crippen LogP contribution in [0.2, 0.25) is 0 Å². The number of nitrogens with two attached hydrogens (primary N) is 1. The van der Waals surface area contributed by atoms with Crippen LogP contribution < -0.4 is 21.6 Å². The van der Waals surface area contributed by atoms with E-state index in [2.05, 4.69) is 77.6 Å². The van der Waals surface area contributed by atoms with Crippen LogP contribution in [0.3, 0.4) is 0 Å². The smallest absolute Gasteiger partial charge is 0.170 e. The SMILES string of the molecule is C/C=c1/ccn(Cc2ccc(/C(N)=N/OC3CNC3)cc2)/c1=C/C=C\CCC.CC. The summed E-state index contributed by atoms with van der Waals surface area (Å²) in [7, 11) is 0. The Kier molecular flexibility index (Phi) is 9.95. The summed E-state index contributed by atoms with van der Waals surface area (Å²) in [6.45, 7) is 10.7. The van der Waals surface area contributed by atoms with Gasteiger partial charge in [-0.25, -0.2) is 0 Å². The number of nitrogens with zero attached hydrogens (tertiary/aromatic N) is 2. The van der Waals surface area contributed by atoms with Gasteiger partial charge in [0, 0.05) is 36.7 Å². The summed E-state index contributed by atoms with van der Waals surface area (Å²) in [5, 5.41) is 9.65. The minimum atomic E-state index is 0.136. The van der Waals surface area contributed by atoms with E-state index in [9.17, 15) is 0 Å². The van der Waals surface area contributed by atoms with E-state index >= 15 is 0 Å². The predicted octanol–water partition coefficient (Wildman–Crippen LogP) is 3.11. The molecule has 0 aliphatic carbocycles. The molecule has 2 heterocycles. The number of benzene rings is 1. The number of oxime groups is 1. The Labute approximate surface area is 180 Å². The number of allylic oxidation sites excluding steroid dienone is 2. The van der Waals surface area contributed by atoms with Crippen LogP contribution in [0.1, 0.15) is 51.7 Å². The number of hydrogen-bond donors (Lipinski definition) is 2.